The Morgan fingerprint density at radius 1 is 1.32 bits per heavy atom. The average Bonchev–Trinajstić information content (AvgIpc) is 3.41. The van der Waals surface area contributed by atoms with Gasteiger partial charge in [0.2, 0.25) is 5.91 Å². The van der Waals surface area contributed by atoms with Crippen LogP contribution in [0.3, 0.4) is 0 Å². The maximum Gasteiger partial charge on any atom is 0.233 e. The summed E-state index contributed by atoms with van der Waals surface area (Å²) in [6.07, 6.45) is 2.74. The van der Waals surface area contributed by atoms with Crippen molar-refractivity contribution in [1.29, 1.82) is 0 Å². The maximum absolute atomic E-state index is 14.1. The highest BCUT2D eigenvalue weighted by Crippen LogP contribution is 2.44. The molecule has 1 aliphatic carbocycles. The molecule has 9 heteroatoms. The highest BCUT2D eigenvalue weighted by atomic mass is 127. The van der Waals surface area contributed by atoms with E-state index in [0.717, 1.165) is 38.3 Å². The number of nitrogens with zero attached hydrogens (tertiary/aromatic N) is 2. The van der Waals surface area contributed by atoms with Crippen LogP contribution in [-0.2, 0) is 4.79 Å². The van der Waals surface area contributed by atoms with E-state index in [4.69, 9.17) is 11.6 Å². The van der Waals surface area contributed by atoms with Gasteiger partial charge in [-0.15, -0.1) is 24.0 Å². The van der Waals surface area contributed by atoms with Gasteiger partial charge in [0.1, 0.15) is 5.82 Å². The van der Waals surface area contributed by atoms with Crippen molar-refractivity contribution in [2.24, 2.45) is 4.99 Å². The normalized spacial score (nSPS) is 22.9. The quantitative estimate of drug-likeness (QED) is 0.315. The Morgan fingerprint density at radius 3 is 2.64 bits per heavy atom. The third-order valence-corrected chi connectivity index (χ3v) is 5.61. The molecule has 1 aromatic carbocycles. The molecule has 0 spiro atoms. The van der Waals surface area contributed by atoms with Gasteiger partial charge < -0.3 is 16.0 Å². The van der Waals surface area contributed by atoms with Crippen LogP contribution in [0.25, 0.3) is 0 Å². The molecule has 1 saturated carbocycles. The van der Waals surface area contributed by atoms with Crippen molar-refractivity contribution in [1.82, 2.24) is 20.9 Å². The number of nitrogens with one attached hydrogen (secondary N) is 3. The lowest BCUT2D eigenvalue weighted by Gasteiger charge is -2.32. The summed E-state index contributed by atoms with van der Waals surface area (Å²) in [5.74, 6) is 0.611. The van der Waals surface area contributed by atoms with Crippen molar-refractivity contribution in [2.45, 2.75) is 37.3 Å². The van der Waals surface area contributed by atoms with Gasteiger partial charge in [0, 0.05) is 55.8 Å². The third-order valence-electron chi connectivity index (χ3n) is 5.28. The summed E-state index contributed by atoms with van der Waals surface area (Å²) in [6.45, 7) is 2.20. The molecule has 0 bridgehead atoms. The Bertz CT molecular complexity index is 691. The van der Waals surface area contributed by atoms with Crippen LogP contribution in [0, 0.1) is 5.82 Å². The summed E-state index contributed by atoms with van der Waals surface area (Å²) in [6, 6.07) is 5.26. The van der Waals surface area contributed by atoms with E-state index >= 15 is 0 Å². The number of hydrogen-bond donors (Lipinski definition) is 3. The minimum atomic E-state index is -0.247. The smallest absolute Gasteiger partial charge is 0.233 e. The number of piperidine rings is 1. The first-order chi connectivity index (χ1) is 13.0. The molecule has 6 nitrogen and oxygen atoms in total. The number of carbonyl (C=O) groups excluding carboxylic acids is 1. The molecule has 1 aromatic rings. The molecule has 2 fully saturated rings. The van der Waals surface area contributed by atoms with Crippen LogP contribution in [0.4, 0.5) is 4.39 Å². The monoisotopic (exact) mass is 523 g/mol. The van der Waals surface area contributed by atoms with E-state index in [0.29, 0.717) is 23.2 Å². The SMILES string of the molecule is CN=C(NC1CCN(CC(=O)NC)CC1)NC1CC1c1c(F)cccc1Cl.I. The molecule has 1 amide bonds. The summed E-state index contributed by atoms with van der Waals surface area (Å²) in [5, 5.41) is 9.97. The number of likely N-dealkylation sites (tertiary alicyclic amines) is 1. The number of guanidine groups is 1. The minimum absolute atomic E-state index is 0. The summed E-state index contributed by atoms with van der Waals surface area (Å²) in [7, 11) is 3.40. The first-order valence-corrected chi connectivity index (χ1v) is 9.76. The van der Waals surface area contributed by atoms with Crippen molar-refractivity contribution in [2.75, 3.05) is 33.7 Å². The third kappa shape index (κ3) is 5.93. The molecule has 3 N–H and O–H groups in total. The lowest BCUT2D eigenvalue weighted by atomic mass is 10.1. The molecule has 0 aromatic heterocycles. The van der Waals surface area contributed by atoms with Crippen LogP contribution in [0.15, 0.2) is 23.2 Å². The second-order valence-electron chi connectivity index (χ2n) is 7.17. The fraction of sp³-hybridized carbons (Fsp3) is 0.579. The lowest BCUT2D eigenvalue weighted by molar-refractivity contribution is -0.122. The van der Waals surface area contributed by atoms with Gasteiger partial charge in [0.05, 0.1) is 6.54 Å². The molecular formula is C19H28ClFIN5O. The topological polar surface area (TPSA) is 68.8 Å². The van der Waals surface area contributed by atoms with Gasteiger partial charge in [-0.25, -0.2) is 4.39 Å². The Labute approximate surface area is 187 Å². The van der Waals surface area contributed by atoms with Gasteiger partial charge in [0.25, 0.3) is 0 Å². The van der Waals surface area contributed by atoms with E-state index in [1.54, 1.807) is 26.2 Å². The van der Waals surface area contributed by atoms with Crippen LogP contribution in [0.1, 0.15) is 30.7 Å². The van der Waals surface area contributed by atoms with E-state index < -0.39 is 0 Å². The standard InChI is InChI=1S/C19H27ClFN5O.HI/c1-22-17(27)11-26-8-6-12(7-9-26)24-19(23-2)25-16-10-13(16)18-14(20)4-3-5-15(18)21;/h3-5,12-13,16H,6-11H2,1-2H3,(H,22,27)(H2,23,24,25);1H. The maximum atomic E-state index is 14.1. The number of hydrogen-bond acceptors (Lipinski definition) is 3. The Balaban J connectivity index is 0.00000280. The van der Waals surface area contributed by atoms with Crippen molar-refractivity contribution in [3.05, 3.63) is 34.6 Å². The second-order valence-corrected chi connectivity index (χ2v) is 7.58. The number of aliphatic imine (C=N–C) groups is 1. The molecule has 0 radical (unpaired) electrons. The summed E-state index contributed by atoms with van der Waals surface area (Å²) in [4.78, 5) is 17.9. The van der Waals surface area contributed by atoms with Crippen molar-refractivity contribution in [3.63, 3.8) is 0 Å². The van der Waals surface area contributed by atoms with E-state index in [1.807, 2.05) is 0 Å². The molecule has 3 rings (SSSR count). The van der Waals surface area contributed by atoms with Gasteiger partial charge in [-0.05, 0) is 31.4 Å². The van der Waals surface area contributed by atoms with Crippen molar-refractivity contribution >= 4 is 47.4 Å². The number of rotatable bonds is 5. The van der Waals surface area contributed by atoms with Crippen molar-refractivity contribution in [3.8, 4) is 0 Å². The zero-order valence-corrected chi connectivity index (χ0v) is 19.3. The summed E-state index contributed by atoms with van der Waals surface area (Å²) < 4.78 is 14.1. The number of benzene rings is 1. The van der Waals surface area contributed by atoms with Gasteiger partial charge in [-0.1, -0.05) is 17.7 Å². The molecule has 2 aliphatic rings. The summed E-state index contributed by atoms with van der Waals surface area (Å²) >= 11 is 6.17. The number of amides is 1. The molecule has 28 heavy (non-hydrogen) atoms. The van der Waals surface area contributed by atoms with Crippen LogP contribution < -0.4 is 16.0 Å². The molecule has 1 saturated heterocycles. The molecule has 2 unspecified atom stereocenters. The number of halogens is 3. The first-order valence-electron chi connectivity index (χ1n) is 9.38. The van der Waals surface area contributed by atoms with Crippen molar-refractivity contribution < 1.29 is 9.18 Å². The highest BCUT2D eigenvalue weighted by molar-refractivity contribution is 14.0. The van der Waals surface area contributed by atoms with Gasteiger partial charge in [-0.2, -0.15) is 0 Å². The fourth-order valence-electron chi connectivity index (χ4n) is 3.60. The zero-order valence-electron chi connectivity index (χ0n) is 16.2. The van der Waals surface area contributed by atoms with Gasteiger partial charge in [-0.3, -0.25) is 14.7 Å². The van der Waals surface area contributed by atoms with E-state index in [9.17, 15) is 9.18 Å². The summed E-state index contributed by atoms with van der Waals surface area (Å²) in [5.41, 5.74) is 0.592. The fourth-order valence-corrected chi connectivity index (χ4v) is 3.90. The highest BCUT2D eigenvalue weighted by Gasteiger charge is 2.42. The average molecular weight is 524 g/mol. The van der Waals surface area contributed by atoms with Crippen LogP contribution >= 0.6 is 35.6 Å². The Morgan fingerprint density at radius 2 is 2.04 bits per heavy atom. The Kier molecular flexibility index (Phi) is 8.76. The van der Waals surface area contributed by atoms with Gasteiger partial charge >= 0.3 is 0 Å². The predicted octanol–water partition coefficient (Wildman–Crippen LogP) is 2.33. The molecule has 156 valence electrons. The Hall–Kier alpha value is -1.13. The molecule has 1 heterocycles. The molecular weight excluding hydrogens is 496 g/mol. The zero-order chi connectivity index (χ0) is 19.4. The van der Waals surface area contributed by atoms with Gasteiger partial charge in [0.15, 0.2) is 5.96 Å². The predicted molar refractivity (Wildman–Crippen MR) is 121 cm³/mol. The van der Waals surface area contributed by atoms with E-state index in [1.165, 1.54) is 6.07 Å². The largest absolute Gasteiger partial charge is 0.358 e. The lowest BCUT2D eigenvalue weighted by Crippen LogP contribution is -2.50. The number of likely N-dealkylation sites (N-methyl/N-ethyl adjacent to an activating group) is 1. The van der Waals surface area contributed by atoms with E-state index in [-0.39, 0.29) is 47.7 Å². The van der Waals surface area contributed by atoms with Crippen LogP contribution in [0.5, 0.6) is 0 Å². The minimum Gasteiger partial charge on any atom is -0.358 e. The molecule has 1 aliphatic heterocycles. The number of carbonyl (C=O) groups is 1. The van der Waals surface area contributed by atoms with E-state index in [2.05, 4.69) is 25.8 Å². The molecule has 2 atom stereocenters. The van der Waals surface area contributed by atoms with Crippen LogP contribution in [-0.4, -0.2) is 62.6 Å². The second kappa shape index (κ2) is 10.6. The first kappa shape index (κ1) is 23.2. The van der Waals surface area contributed by atoms with Crippen LogP contribution in [0.2, 0.25) is 5.02 Å².